The Balaban J connectivity index is 2.87. The maximum absolute atomic E-state index is 12.4. The predicted molar refractivity (Wildman–Crippen MR) is 85.8 cm³/mol. The molecule has 1 unspecified atom stereocenters. The van der Waals surface area contributed by atoms with E-state index in [2.05, 4.69) is 22.5 Å². The summed E-state index contributed by atoms with van der Waals surface area (Å²) in [5.41, 5.74) is 1.80. The second kappa shape index (κ2) is 7.98. The SMILES string of the molecule is C=C(C)CC(C)C(=O)N(CC(=O)O)Cc1cccc(Br)c1. The Morgan fingerprint density at radius 2 is 2.10 bits per heavy atom. The highest BCUT2D eigenvalue weighted by atomic mass is 79.9. The van der Waals surface area contributed by atoms with Crippen LogP contribution in [0.15, 0.2) is 40.9 Å². The van der Waals surface area contributed by atoms with Crippen molar-refractivity contribution in [2.75, 3.05) is 6.54 Å². The molecular weight excluding hydrogens is 334 g/mol. The molecule has 1 amide bonds. The fraction of sp³-hybridized carbons (Fsp3) is 0.375. The Labute approximate surface area is 133 Å². The highest BCUT2D eigenvalue weighted by Crippen LogP contribution is 2.17. The van der Waals surface area contributed by atoms with Gasteiger partial charge in [-0.2, -0.15) is 0 Å². The topological polar surface area (TPSA) is 57.6 Å². The molecule has 4 nitrogen and oxygen atoms in total. The number of carbonyl (C=O) groups is 2. The third kappa shape index (κ3) is 6.12. The van der Waals surface area contributed by atoms with E-state index in [0.29, 0.717) is 6.42 Å². The average Bonchev–Trinajstić information content (AvgIpc) is 2.35. The van der Waals surface area contributed by atoms with Gasteiger partial charge < -0.3 is 10.0 Å². The number of halogens is 1. The van der Waals surface area contributed by atoms with Gasteiger partial charge in [-0.05, 0) is 31.0 Å². The zero-order valence-corrected chi connectivity index (χ0v) is 13.9. The second-order valence-electron chi connectivity index (χ2n) is 5.28. The van der Waals surface area contributed by atoms with Gasteiger partial charge in [-0.15, -0.1) is 6.58 Å². The van der Waals surface area contributed by atoms with Gasteiger partial charge in [0.1, 0.15) is 6.54 Å². The summed E-state index contributed by atoms with van der Waals surface area (Å²) in [7, 11) is 0. The number of carboxylic acids is 1. The molecule has 1 rings (SSSR count). The molecule has 1 aromatic rings. The van der Waals surface area contributed by atoms with Crippen LogP contribution in [0, 0.1) is 5.92 Å². The molecule has 0 heterocycles. The minimum absolute atomic E-state index is 0.166. The molecule has 0 saturated carbocycles. The monoisotopic (exact) mass is 353 g/mol. The molecule has 5 heteroatoms. The van der Waals surface area contributed by atoms with Gasteiger partial charge in [0.05, 0.1) is 0 Å². The fourth-order valence-corrected chi connectivity index (χ4v) is 2.60. The highest BCUT2D eigenvalue weighted by Gasteiger charge is 2.22. The minimum Gasteiger partial charge on any atom is -0.480 e. The fourth-order valence-electron chi connectivity index (χ4n) is 2.15. The number of benzene rings is 1. The van der Waals surface area contributed by atoms with E-state index in [-0.39, 0.29) is 24.9 Å². The van der Waals surface area contributed by atoms with E-state index in [0.717, 1.165) is 15.6 Å². The van der Waals surface area contributed by atoms with Gasteiger partial charge in [-0.3, -0.25) is 9.59 Å². The van der Waals surface area contributed by atoms with Gasteiger partial charge in [0.25, 0.3) is 0 Å². The summed E-state index contributed by atoms with van der Waals surface area (Å²) in [5.74, 6) is -1.45. The summed E-state index contributed by atoms with van der Waals surface area (Å²) in [6.07, 6.45) is 0.563. The van der Waals surface area contributed by atoms with Gasteiger partial charge >= 0.3 is 5.97 Å². The van der Waals surface area contributed by atoms with E-state index in [1.807, 2.05) is 31.2 Å². The van der Waals surface area contributed by atoms with Crippen molar-refractivity contribution in [3.63, 3.8) is 0 Å². The van der Waals surface area contributed by atoms with Crippen LogP contribution in [0.2, 0.25) is 0 Å². The smallest absolute Gasteiger partial charge is 0.323 e. The molecule has 114 valence electrons. The average molecular weight is 354 g/mol. The lowest BCUT2D eigenvalue weighted by Gasteiger charge is -2.24. The zero-order chi connectivity index (χ0) is 16.0. The molecule has 0 aliphatic carbocycles. The number of hydrogen-bond donors (Lipinski definition) is 1. The maximum Gasteiger partial charge on any atom is 0.323 e. The summed E-state index contributed by atoms with van der Waals surface area (Å²) in [5, 5.41) is 9.01. The van der Waals surface area contributed by atoms with E-state index >= 15 is 0 Å². The quantitative estimate of drug-likeness (QED) is 0.763. The standard InChI is InChI=1S/C16H20BrNO3/c1-11(2)7-12(3)16(21)18(10-15(19)20)9-13-5-4-6-14(17)8-13/h4-6,8,12H,1,7,9-10H2,2-3H3,(H,19,20). The van der Waals surface area contributed by atoms with Crippen LogP contribution in [0.3, 0.4) is 0 Å². The third-order valence-electron chi connectivity index (χ3n) is 2.98. The van der Waals surface area contributed by atoms with Crippen LogP contribution in [0.5, 0.6) is 0 Å². The Kier molecular flexibility index (Phi) is 6.62. The summed E-state index contributed by atoms with van der Waals surface area (Å²) in [6.45, 7) is 7.44. The first-order valence-electron chi connectivity index (χ1n) is 6.69. The molecule has 1 atom stereocenters. The number of rotatable bonds is 7. The summed E-state index contributed by atoms with van der Waals surface area (Å²) >= 11 is 3.37. The Morgan fingerprint density at radius 1 is 1.43 bits per heavy atom. The number of carbonyl (C=O) groups excluding carboxylic acids is 1. The van der Waals surface area contributed by atoms with Crippen molar-refractivity contribution >= 4 is 27.8 Å². The van der Waals surface area contributed by atoms with Crippen molar-refractivity contribution < 1.29 is 14.7 Å². The largest absolute Gasteiger partial charge is 0.480 e. The molecule has 0 saturated heterocycles. The number of allylic oxidation sites excluding steroid dienone is 1. The maximum atomic E-state index is 12.4. The molecule has 0 radical (unpaired) electrons. The molecule has 21 heavy (non-hydrogen) atoms. The van der Waals surface area contributed by atoms with Crippen LogP contribution in [-0.2, 0) is 16.1 Å². The number of aliphatic carboxylic acids is 1. The molecule has 1 aromatic carbocycles. The van der Waals surface area contributed by atoms with Crippen LogP contribution in [0.1, 0.15) is 25.8 Å². The summed E-state index contributed by atoms with van der Waals surface area (Å²) in [6, 6.07) is 7.50. The molecule has 0 aliphatic rings. The van der Waals surface area contributed by atoms with E-state index in [4.69, 9.17) is 5.11 Å². The minimum atomic E-state index is -1.01. The molecule has 1 N–H and O–H groups in total. The van der Waals surface area contributed by atoms with Crippen molar-refractivity contribution in [3.05, 3.63) is 46.5 Å². The molecule has 0 aromatic heterocycles. The van der Waals surface area contributed by atoms with Crippen molar-refractivity contribution in [1.29, 1.82) is 0 Å². The van der Waals surface area contributed by atoms with E-state index < -0.39 is 5.97 Å². The highest BCUT2D eigenvalue weighted by molar-refractivity contribution is 9.10. The van der Waals surface area contributed by atoms with Crippen molar-refractivity contribution in [2.45, 2.75) is 26.8 Å². The number of hydrogen-bond acceptors (Lipinski definition) is 2. The van der Waals surface area contributed by atoms with Gasteiger partial charge in [0, 0.05) is 16.9 Å². The van der Waals surface area contributed by atoms with E-state index in [9.17, 15) is 9.59 Å². The van der Waals surface area contributed by atoms with Gasteiger partial charge in [0.15, 0.2) is 0 Å². The first kappa shape index (κ1) is 17.4. The number of nitrogens with zero attached hydrogens (tertiary/aromatic N) is 1. The van der Waals surface area contributed by atoms with E-state index in [1.54, 1.807) is 6.92 Å². The van der Waals surface area contributed by atoms with Crippen LogP contribution in [-0.4, -0.2) is 28.4 Å². The molecule has 0 spiro atoms. The van der Waals surface area contributed by atoms with Gasteiger partial charge in [-0.25, -0.2) is 0 Å². The normalized spacial score (nSPS) is 11.8. The lowest BCUT2D eigenvalue weighted by atomic mass is 10.0. The van der Waals surface area contributed by atoms with Gasteiger partial charge in [0.2, 0.25) is 5.91 Å². The van der Waals surface area contributed by atoms with Crippen LogP contribution < -0.4 is 0 Å². The second-order valence-corrected chi connectivity index (χ2v) is 6.20. The van der Waals surface area contributed by atoms with Gasteiger partial charge in [-0.1, -0.05) is 40.6 Å². The van der Waals surface area contributed by atoms with Crippen LogP contribution >= 0.6 is 15.9 Å². The molecular formula is C16H20BrNO3. The zero-order valence-electron chi connectivity index (χ0n) is 12.3. The Bertz CT molecular complexity index is 542. The van der Waals surface area contributed by atoms with Crippen molar-refractivity contribution in [3.8, 4) is 0 Å². The molecule has 0 aliphatic heterocycles. The molecule has 0 fully saturated rings. The van der Waals surface area contributed by atoms with Crippen LogP contribution in [0.25, 0.3) is 0 Å². The van der Waals surface area contributed by atoms with E-state index in [1.165, 1.54) is 4.90 Å². The first-order valence-corrected chi connectivity index (χ1v) is 7.48. The third-order valence-corrected chi connectivity index (χ3v) is 3.47. The van der Waals surface area contributed by atoms with Crippen molar-refractivity contribution in [2.24, 2.45) is 5.92 Å². The first-order chi connectivity index (χ1) is 9.79. The van der Waals surface area contributed by atoms with Crippen LogP contribution in [0.4, 0.5) is 0 Å². The lowest BCUT2D eigenvalue weighted by molar-refractivity contribution is -0.146. The number of carboxylic acid groups (broad SMARTS) is 1. The molecule has 0 bridgehead atoms. The Morgan fingerprint density at radius 3 is 2.62 bits per heavy atom. The number of amides is 1. The Hall–Kier alpha value is -1.62. The summed E-state index contributed by atoms with van der Waals surface area (Å²) < 4.78 is 0.901. The van der Waals surface area contributed by atoms with Crippen molar-refractivity contribution in [1.82, 2.24) is 4.90 Å². The summed E-state index contributed by atoms with van der Waals surface area (Å²) in [4.78, 5) is 24.8. The predicted octanol–water partition coefficient (Wildman–Crippen LogP) is 3.46. The lowest BCUT2D eigenvalue weighted by Crippen LogP contribution is -2.38.